The molecule has 1 amide bonds. The predicted molar refractivity (Wildman–Crippen MR) is 105 cm³/mol. The molecule has 28 heavy (non-hydrogen) atoms. The summed E-state index contributed by atoms with van der Waals surface area (Å²) in [4.78, 5) is 14.9. The molecule has 2 heterocycles. The van der Waals surface area contributed by atoms with Crippen molar-refractivity contribution in [3.05, 3.63) is 54.0 Å². The lowest BCUT2D eigenvalue weighted by Gasteiger charge is -2.41. The Morgan fingerprint density at radius 2 is 1.82 bits per heavy atom. The highest BCUT2D eigenvalue weighted by Crippen LogP contribution is 2.36. The fourth-order valence-electron chi connectivity index (χ4n) is 4.41. The maximum Gasteiger partial charge on any atom is 0.253 e. The van der Waals surface area contributed by atoms with E-state index >= 15 is 0 Å². The summed E-state index contributed by atoms with van der Waals surface area (Å²) >= 11 is 0. The SMILES string of the molecule is O=C(c1ccc(S(=O)(=O)NCc2ccco2)cc1)N1CC[C@H]2CCCC[C@@H]2C1. The second-order valence-electron chi connectivity index (χ2n) is 7.77. The Morgan fingerprint density at radius 3 is 2.54 bits per heavy atom. The van der Waals surface area contributed by atoms with E-state index in [1.54, 1.807) is 24.3 Å². The number of likely N-dealkylation sites (tertiary alicyclic amines) is 1. The van der Waals surface area contributed by atoms with Crippen molar-refractivity contribution in [3.8, 4) is 0 Å². The van der Waals surface area contributed by atoms with Gasteiger partial charge < -0.3 is 9.32 Å². The molecule has 2 atom stereocenters. The molecule has 0 radical (unpaired) electrons. The molecule has 1 saturated heterocycles. The van der Waals surface area contributed by atoms with E-state index in [-0.39, 0.29) is 17.3 Å². The first-order chi connectivity index (χ1) is 13.5. The molecule has 150 valence electrons. The van der Waals surface area contributed by atoms with Gasteiger partial charge in [0.2, 0.25) is 10.0 Å². The number of carbonyl (C=O) groups excluding carboxylic acids is 1. The minimum Gasteiger partial charge on any atom is -0.468 e. The summed E-state index contributed by atoms with van der Waals surface area (Å²) in [6.45, 7) is 1.71. The number of nitrogens with one attached hydrogen (secondary N) is 1. The van der Waals surface area contributed by atoms with E-state index in [1.165, 1.54) is 44.1 Å². The molecule has 2 aliphatic rings. The lowest BCUT2D eigenvalue weighted by atomic mass is 9.75. The van der Waals surface area contributed by atoms with Crippen LogP contribution in [0.15, 0.2) is 52.0 Å². The van der Waals surface area contributed by atoms with Crippen molar-refractivity contribution in [2.24, 2.45) is 11.8 Å². The van der Waals surface area contributed by atoms with Crippen LogP contribution >= 0.6 is 0 Å². The fourth-order valence-corrected chi connectivity index (χ4v) is 5.40. The standard InChI is InChI=1S/C21H26N2O4S/c24-21(23-12-11-16-4-1-2-5-18(16)15-23)17-7-9-20(10-8-17)28(25,26)22-14-19-6-3-13-27-19/h3,6-10,13,16,18,22H,1-2,4-5,11-12,14-15H2/t16-,18-/m1/s1. The topological polar surface area (TPSA) is 79.6 Å². The molecular formula is C21H26N2O4S. The summed E-state index contributed by atoms with van der Waals surface area (Å²) in [5, 5.41) is 0. The number of hydrogen-bond donors (Lipinski definition) is 1. The summed E-state index contributed by atoms with van der Waals surface area (Å²) in [6.07, 6.45) is 7.68. The number of fused-ring (bicyclic) bond motifs is 1. The normalized spacial score (nSPS) is 22.6. The zero-order valence-electron chi connectivity index (χ0n) is 15.8. The molecule has 1 aliphatic heterocycles. The molecule has 2 fully saturated rings. The van der Waals surface area contributed by atoms with Gasteiger partial charge in [0.25, 0.3) is 5.91 Å². The zero-order valence-corrected chi connectivity index (χ0v) is 16.7. The molecule has 0 spiro atoms. The Labute approximate surface area is 166 Å². The van der Waals surface area contributed by atoms with Gasteiger partial charge in [-0.05, 0) is 61.1 Å². The maximum absolute atomic E-state index is 12.9. The van der Waals surface area contributed by atoms with Gasteiger partial charge in [0, 0.05) is 18.7 Å². The summed E-state index contributed by atoms with van der Waals surface area (Å²) in [5.41, 5.74) is 0.541. The van der Waals surface area contributed by atoms with Crippen LogP contribution in [-0.2, 0) is 16.6 Å². The second-order valence-corrected chi connectivity index (χ2v) is 9.54. The third-order valence-electron chi connectivity index (χ3n) is 6.01. The molecule has 1 saturated carbocycles. The van der Waals surface area contributed by atoms with Crippen molar-refractivity contribution >= 4 is 15.9 Å². The summed E-state index contributed by atoms with van der Waals surface area (Å²) in [6, 6.07) is 9.61. The van der Waals surface area contributed by atoms with E-state index in [1.807, 2.05) is 4.90 Å². The van der Waals surface area contributed by atoms with Crippen molar-refractivity contribution in [3.63, 3.8) is 0 Å². The number of carbonyl (C=O) groups is 1. The van der Waals surface area contributed by atoms with Crippen LogP contribution in [0.25, 0.3) is 0 Å². The number of hydrogen-bond acceptors (Lipinski definition) is 4. The molecule has 1 aliphatic carbocycles. The van der Waals surface area contributed by atoms with Gasteiger partial charge in [0.15, 0.2) is 0 Å². The van der Waals surface area contributed by atoms with E-state index in [0.29, 0.717) is 17.2 Å². The highest BCUT2D eigenvalue weighted by molar-refractivity contribution is 7.89. The van der Waals surface area contributed by atoms with Crippen molar-refractivity contribution in [1.82, 2.24) is 9.62 Å². The zero-order chi connectivity index (χ0) is 19.6. The lowest BCUT2D eigenvalue weighted by Crippen LogP contribution is -2.44. The highest BCUT2D eigenvalue weighted by Gasteiger charge is 2.33. The van der Waals surface area contributed by atoms with E-state index < -0.39 is 10.0 Å². The van der Waals surface area contributed by atoms with Crippen LogP contribution in [0, 0.1) is 11.8 Å². The molecule has 1 N–H and O–H groups in total. The van der Waals surface area contributed by atoms with Crippen molar-refractivity contribution in [2.75, 3.05) is 13.1 Å². The lowest BCUT2D eigenvalue weighted by molar-refractivity contribution is 0.0521. The van der Waals surface area contributed by atoms with Gasteiger partial charge in [-0.25, -0.2) is 13.1 Å². The van der Waals surface area contributed by atoms with Crippen LogP contribution in [0.4, 0.5) is 0 Å². The Bertz CT molecular complexity index is 906. The number of piperidine rings is 1. The molecule has 2 aromatic rings. The number of rotatable bonds is 5. The van der Waals surface area contributed by atoms with Crippen molar-refractivity contribution in [2.45, 2.75) is 43.5 Å². The third-order valence-corrected chi connectivity index (χ3v) is 7.42. The molecular weight excluding hydrogens is 376 g/mol. The summed E-state index contributed by atoms with van der Waals surface area (Å²) < 4.78 is 32.5. The van der Waals surface area contributed by atoms with E-state index in [4.69, 9.17) is 4.42 Å². The first kappa shape index (κ1) is 19.2. The average molecular weight is 403 g/mol. The maximum atomic E-state index is 12.9. The quantitative estimate of drug-likeness (QED) is 0.831. The number of benzene rings is 1. The summed E-state index contributed by atoms with van der Waals surface area (Å²) in [5.74, 6) is 1.93. The van der Waals surface area contributed by atoms with Gasteiger partial charge in [-0.3, -0.25) is 4.79 Å². The number of furan rings is 1. The number of amides is 1. The van der Waals surface area contributed by atoms with Gasteiger partial charge in [0.05, 0.1) is 17.7 Å². The van der Waals surface area contributed by atoms with Crippen LogP contribution in [0.2, 0.25) is 0 Å². The smallest absolute Gasteiger partial charge is 0.253 e. The van der Waals surface area contributed by atoms with E-state index in [2.05, 4.69) is 4.72 Å². The van der Waals surface area contributed by atoms with Crippen LogP contribution < -0.4 is 4.72 Å². The van der Waals surface area contributed by atoms with Crippen LogP contribution in [-0.4, -0.2) is 32.3 Å². The molecule has 6 nitrogen and oxygen atoms in total. The third kappa shape index (κ3) is 4.15. The van der Waals surface area contributed by atoms with Gasteiger partial charge in [-0.15, -0.1) is 0 Å². The van der Waals surface area contributed by atoms with E-state index in [0.717, 1.165) is 25.4 Å². The molecule has 0 unspecified atom stereocenters. The number of nitrogens with zero attached hydrogens (tertiary/aromatic N) is 1. The number of sulfonamides is 1. The van der Waals surface area contributed by atoms with Crippen molar-refractivity contribution in [1.29, 1.82) is 0 Å². The molecule has 4 rings (SSSR count). The fraction of sp³-hybridized carbons (Fsp3) is 0.476. The Morgan fingerprint density at radius 1 is 1.07 bits per heavy atom. The van der Waals surface area contributed by atoms with E-state index in [9.17, 15) is 13.2 Å². The molecule has 1 aromatic carbocycles. The molecule has 7 heteroatoms. The largest absolute Gasteiger partial charge is 0.468 e. The minimum absolute atomic E-state index is 0.00323. The predicted octanol–water partition coefficient (Wildman–Crippen LogP) is 3.41. The first-order valence-corrected chi connectivity index (χ1v) is 11.4. The van der Waals surface area contributed by atoms with Crippen molar-refractivity contribution < 1.29 is 17.6 Å². The average Bonchev–Trinajstić information content (AvgIpc) is 3.25. The van der Waals surface area contributed by atoms with Crippen LogP contribution in [0.1, 0.15) is 48.2 Å². The highest BCUT2D eigenvalue weighted by atomic mass is 32.2. The van der Waals surface area contributed by atoms with Gasteiger partial charge in [0.1, 0.15) is 5.76 Å². The van der Waals surface area contributed by atoms with Gasteiger partial charge in [-0.2, -0.15) is 0 Å². The van der Waals surface area contributed by atoms with Crippen LogP contribution in [0.5, 0.6) is 0 Å². The van der Waals surface area contributed by atoms with Crippen LogP contribution in [0.3, 0.4) is 0 Å². The summed E-state index contributed by atoms with van der Waals surface area (Å²) in [7, 11) is -3.65. The Hall–Kier alpha value is -2.12. The molecule has 1 aromatic heterocycles. The first-order valence-electron chi connectivity index (χ1n) is 9.94. The molecule has 0 bridgehead atoms. The minimum atomic E-state index is -3.65. The Balaban J connectivity index is 1.40. The second kappa shape index (κ2) is 8.09. The van der Waals surface area contributed by atoms with Gasteiger partial charge in [-0.1, -0.05) is 19.3 Å². The monoisotopic (exact) mass is 402 g/mol. The Kier molecular flexibility index (Phi) is 5.55. The van der Waals surface area contributed by atoms with Gasteiger partial charge >= 0.3 is 0 Å².